The van der Waals surface area contributed by atoms with Gasteiger partial charge in [0.25, 0.3) is 5.56 Å². The van der Waals surface area contributed by atoms with Crippen LogP contribution in [0.3, 0.4) is 0 Å². The minimum absolute atomic E-state index is 0.130. The topological polar surface area (TPSA) is 99.4 Å². The first-order chi connectivity index (χ1) is 19.0. The van der Waals surface area contributed by atoms with E-state index in [1.807, 2.05) is 60.7 Å². The van der Waals surface area contributed by atoms with Crippen molar-refractivity contribution in [2.75, 3.05) is 20.8 Å². The van der Waals surface area contributed by atoms with Gasteiger partial charge in [0.1, 0.15) is 0 Å². The number of carbonyl (C=O) groups excluding carboxylic acids is 1. The van der Waals surface area contributed by atoms with Crippen LogP contribution in [0, 0.1) is 0 Å². The fourth-order valence-corrected chi connectivity index (χ4v) is 5.54. The summed E-state index contributed by atoms with van der Waals surface area (Å²) in [5.41, 5.74) is 2.53. The molecule has 0 saturated carbocycles. The van der Waals surface area contributed by atoms with Crippen molar-refractivity contribution in [2.24, 2.45) is 4.99 Å². The fourth-order valence-electron chi connectivity index (χ4n) is 4.54. The van der Waals surface area contributed by atoms with E-state index in [2.05, 4.69) is 0 Å². The molecule has 0 fully saturated rings. The number of aromatic hydroxyl groups is 1. The maximum absolute atomic E-state index is 13.9. The smallest absolute Gasteiger partial charge is 0.338 e. The predicted molar refractivity (Wildman–Crippen MR) is 149 cm³/mol. The Bertz CT molecular complexity index is 1710. The van der Waals surface area contributed by atoms with Crippen LogP contribution in [0.25, 0.3) is 11.8 Å². The van der Waals surface area contributed by atoms with E-state index in [0.29, 0.717) is 26.2 Å². The summed E-state index contributed by atoms with van der Waals surface area (Å²) < 4.78 is 18.0. The number of phenols is 1. The molecule has 8 nitrogen and oxygen atoms in total. The van der Waals surface area contributed by atoms with Gasteiger partial charge in [0, 0.05) is 5.56 Å². The molecule has 0 bridgehead atoms. The summed E-state index contributed by atoms with van der Waals surface area (Å²) in [5, 5.41) is 10.3. The number of carbonyl (C=O) groups is 1. The summed E-state index contributed by atoms with van der Waals surface area (Å²) >= 11 is 1.21. The number of benzene rings is 3. The third-order valence-electron chi connectivity index (χ3n) is 6.29. The van der Waals surface area contributed by atoms with E-state index < -0.39 is 12.0 Å². The first kappa shape index (κ1) is 26.0. The lowest BCUT2D eigenvalue weighted by Gasteiger charge is -2.25. The number of thiazole rings is 1. The SMILES string of the molecule is CCOC(=O)C1=C(c2ccccc2)N=c2s/c(=C/c3cc(OC)c(O)c(OC)c3)c(=O)n2[C@@H]1c1ccccc1. The molecular formula is C30H26N2O6S. The van der Waals surface area contributed by atoms with E-state index in [9.17, 15) is 14.7 Å². The van der Waals surface area contributed by atoms with Gasteiger partial charge < -0.3 is 19.3 Å². The highest BCUT2D eigenvalue weighted by Gasteiger charge is 2.35. The Balaban J connectivity index is 1.81. The van der Waals surface area contributed by atoms with Gasteiger partial charge in [-0.2, -0.15) is 0 Å². The second-order valence-electron chi connectivity index (χ2n) is 8.62. The molecule has 5 rings (SSSR count). The number of phenolic OH excluding ortho intramolecular Hbond substituents is 1. The van der Waals surface area contributed by atoms with Crippen molar-refractivity contribution in [1.82, 2.24) is 4.57 Å². The number of rotatable bonds is 7. The van der Waals surface area contributed by atoms with Gasteiger partial charge in [-0.3, -0.25) is 9.36 Å². The summed E-state index contributed by atoms with van der Waals surface area (Å²) in [6.45, 7) is 1.93. The van der Waals surface area contributed by atoms with Gasteiger partial charge in [-0.25, -0.2) is 9.79 Å². The zero-order valence-corrected chi connectivity index (χ0v) is 22.4. The zero-order valence-electron chi connectivity index (χ0n) is 21.6. The maximum atomic E-state index is 13.9. The first-order valence-corrected chi connectivity index (χ1v) is 13.1. The highest BCUT2D eigenvalue weighted by Crippen LogP contribution is 2.37. The average Bonchev–Trinajstić information content (AvgIpc) is 3.28. The number of esters is 1. The summed E-state index contributed by atoms with van der Waals surface area (Å²) in [4.78, 5) is 32.7. The van der Waals surface area contributed by atoms with E-state index in [1.54, 1.807) is 29.7 Å². The summed E-state index contributed by atoms with van der Waals surface area (Å²) in [7, 11) is 2.88. The van der Waals surface area contributed by atoms with Crippen molar-refractivity contribution in [3.8, 4) is 17.2 Å². The van der Waals surface area contributed by atoms with E-state index in [-0.39, 0.29) is 29.4 Å². The number of methoxy groups -OCH3 is 2. The van der Waals surface area contributed by atoms with Crippen molar-refractivity contribution in [3.63, 3.8) is 0 Å². The van der Waals surface area contributed by atoms with Crippen molar-refractivity contribution < 1.29 is 24.1 Å². The van der Waals surface area contributed by atoms with Crippen LogP contribution < -0.4 is 24.4 Å². The number of fused-ring (bicyclic) bond motifs is 1. The lowest BCUT2D eigenvalue weighted by molar-refractivity contribution is -0.138. The molecular weight excluding hydrogens is 516 g/mol. The zero-order chi connectivity index (χ0) is 27.5. The molecule has 0 aliphatic carbocycles. The van der Waals surface area contributed by atoms with Crippen LogP contribution >= 0.6 is 11.3 Å². The van der Waals surface area contributed by atoms with Crippen LogP contribution in [-0.2, 0) is 9.53 Å². The molecule has 1 aliphatic rings. The minimum Gasteiger partial charge on any atom is -0.502 e. The molecule has 4 aromatic rings. The van der Waals surface area contributed by atoms with Gasteiger partial charge in [0.2, 0.25) is 5.75 Å². The largest absolute Gasteiger partial charge is 0.502 e. The molecule has 9 heteroatoms. The van der Waals surface area contributed by atoms with Crippen LogP contribution in [0.4, 0.5) is 0 Å². The molecule has 0 radical (unpaired) electrons. The van der Waals surface area contributed by atoms with Crippen LogP contribution in [-0.4, -0.2) is 36.5 Å². The van der Waals surface area contributed by atoms with Crippen LogP contribution in [0.5, 0.6) is 17.2 Å². The summed E-state index contributed by atoms with van der Waals surface area (Å²) in [5.74, 6) is -0.233. The van der Waals surface area contributed by atoms with E-state index in [1.165, 1.54) is 25.6 Å². The normalized spacial score (nSPS) is 14.9. The van der Waals surface area contributed by atoms with Crippen molar-refractivity contribution in [3.05, 3.63) is 115 Å². The van der Waals surface area contributed by atoms with E-state index in [4.69, 9.17) is 19.2 Å². The highest BCUT2D eigenvalue weighted by atomic mass is 32.1. The molecule has 1 aromatic heterocycles. The second kappa shape index (κ2) is 11.0. The molecule has 0 spiro atoms. The Morgan fingerprint density at radius 1 is 1.03 bits per heavy atom. The Hall–Kier alpha value is -4.63. The van der Waals surface area contributed by atoms with Gasteiger partial charge in [-0.05, 0) is 36.3 Å². The van der Waals surface area contributed by atoms with E-state index >= 15 is 0 Å². The number of hydrogen-bond donors (Lipinski definition) is 1. The third kappa shape index (κ3) is 4.84. The quantitative estimate of drug-likeness (QED) is 0.358. The molecule has 198 valence electrons. The molecule has 0 amide bonds. The molecule has 39 heavy (non-hydrogen) atoms. The Morgan fingerprint density at radius 2 is 1.64 bits per heavy atom. The molecule has 3 aromatic carbocycles. The molecule has 0 unspecified atom stereocenters. The van der Waals surface area contributed by atoms with Crippen molar-refractivity contribution in [1.29, 1.82) is 0 Å². The number of hydrogen-bond acceptors (Lipinski definition) is 8. The first-order valence-electron chi connectivity index (χ1n) is 12.2. The van der Waals surface area contributed by atoms with Gasteiger partial charge in [0.05, 0.1) is 42.7 Å². The number of nitrogens with zero attached hydrogens (tertiary/aromatic N) is 2. The Morgan fingerprint density at radius 3 is 2.23 bits per heavy atom. The Kier molecular flexibility index (Phi) is 7.33. The second-order valence-corrected chi connectivity index (χ2v) is 9.63. The summed E-state index contributed by atoms with van der Waals surface area (Å²) in [6.07, 6.45) is 1.69. The van der Waals surface area contributed by atoms with Gasteiger partial charge in [-0.15, -0.1) is 0 Å². The molecule has 2 heterocycles. The molecule has 1 atom stereocenters. The van der Waals surface area contributed by atoms with Crippen LogP contribution in [0.15, 0.2) is 88.2 Å². The van der Waals surface area contributed by atoms with Gasteiger partial charge in [0.15, 0.2) is 16.3 Å². The molecule has 0 saturated heterocycles. The predicted octanol–water partition coefficient (Wildman–Crippen LogP) is 3.66. The van der Waals surface area contributed by atoms with Crippen LogP contribution in [0.1, 0.15) is 29.7 Å². The average molecular weight is 543 g/mol. The van der Waals surface area contributed by atoms with Gasteiger partial charge in [-0.1, -0.05) is 72.0 Å². The van der Waals surface area contributed by atoms with Crippen molar-refractivity contribution >= 4 is 29.1 Å². The lowest BCUT2D eigenvalue weighted by Crippen LogP contribution is -2.39. The van der Waals surface area contributed by atoms with Crippen molar-refractivity contribution in [2.45, 2.75) is 13.0 Å². The molecule has 1 N–H and O–H groups in total. The Labute approximate surface area is 228 Å². The highest BCUT2D eigenvalue weighted by molar-refractivity contribution is 7.07. The van der Waals surface area contributed by atoms with E-state index in [0.717, 1.165) is 11.1 Å². The number of aromatic nitrogens is 1. The molecule has 1 aliphatic heterocycles. The third-order valence-corrected chi connectivity index (χ3v) is 7.27. The maximum Gasteiger partial charge on any atom is 0.338 e. The monoisotopic (exact) mass is 542 g/mol. The lowest BCUT2D eigenvalue weighted by atomic mass is 9.93. The summed E-state index contributed by atoms with van der Waals surface area (Å²) in [6, 6.07) is 21.2. The van der Waals surface area contributed by atoms with Crippen LogP contribution in [0.2, 0.25) is 0 Å². The standard InChI is InChI=1S/C30H26N2O6S/c1-4-38-29(35)24-25(19-11-7-5-8-12-19)31-30-32(26(24)20-13-9-6-10-14-20)28(34)23(39-30)17-18-15-21(36-2)27(33)22(16-18)37-3/h5-17,26,33H,4H2,1-3H3/b23-17+/t26-/m1/s1. The fraction of sp³-hybridized carbons (Fsp3) is 0.167. The van der Waals surface area contributed by atoms with Gasteiger partial charge >= 0.3 is 5.97 Å². The minimum atomic E-state index is -0.747. The number of ether oxygens (including phenoxy) is 3.